The standard InChI is InChI=1S/C22H20F3N7O3/c1-12-9-32-18(11-30(12)22(34)29-13-5-15(23)20(25)16(24)6-13)17(8-28-32)31-10-14(7-19(31)33)35-21-26-3-2-4-27-21/h2-6,8,12,14H,7,9-11H2,1H3,(H,29,34)/t12-,14?/m0/s1. The molecular formula is C22H20F3N7O3. The highest BCUT2D eigenvalue weighted by Crippen LogP contribution is 2.31. The third-order valence-corrected chi connectivity index (χ3v) is 5.91. The van der Waals surface area contributed by atoms with Gasteiger partial charge in [-0.25, -0.2) is 27.9 Å². The number of benzene rings is 1. The molecule has 0 radical (unpaired) electrons. The Labute approximate surface area is 197 Å². The van der Waals surface area contributed by atoms with Crippen LogP contribution >= 0.6 is 0 Å². The van der Waals surface area contributed by atoms with Crippen molar-refractivity contribution in [2.75, 3.05) is 16.8 Å². The Morgan fingerprint density at radius 1 is 1.14 bits per heavy atom. The van der Waals surface area contributed by atoms with E-state index >= 15 is 0 Å². The highest BCUT2D eigenvalue weighted by molar-refractivity contribution is 5.97. The molecule has 2 aromatic heterocycles. The van der Waals surface area contributed by atoms with Crippen molar-refractivity contribution in [2.45, 2.75) is 38.6 Å². The third-order valence-electron chi connectivity index (χ3n) is 5.91. The summed E-state index contributed by atoms with van der Waals surface area (Å²) in [6, 6.07) is 2.31. The maximum absolute atomic E-state index is 13.5. The lowest BCUT2D eigenvalue weighted by atomic mass is 10.2. The molecule has 0 saturated carbocycles. The van der Waals surface area contributed by atoms with Crippen molar-refractivity contribution in [2.24, 2.45) is 0 Å². The largest absolute Gasteiger partial charge is 0.458 e. The monoisotopic (exact) mass is 487 g/mol. The van der Waals surface area contributed by atoms with Crippen molar-refractivity contribution in [3.05, 3.63) is 59.9 Å². The maximum Gasteiger partial charge on any atom is 0.322 e. The van der Waals surface area contributed by atoms with Gasteiger partial charge in [0.15, 0.2) is 17.5 Å². The first-order chi connectivity index (χ1) is 16.8. The number of nitrogens with zero attached hydrogens (tertiary/aromatic N) is 6. The highest BCUT2D eigenvalue weighted by atomic mass is 19.2. The van der Waals surface area contributed by atoms with Crippen LogP contribution in [-0.4, -0.2) is 55.3 Å². The van der Waals surface area contributed by atoms with E-state index in [2.05, 4.69) is 20.4 Å². The van der Waals surface area contributed by atoms with Crippen LogP contribution in [-0.2, 0) is 17.9 Å². The van der Waals surface area contributed by atoms with Gasteiger partial charge in [0, 0.05) is 30.2 Å². The molecule has 1 aromatic carbocycles. The molecule has 0 aliphatic carbocycles. The number of carbonyl (C=O) groups excluding carboxylic acids is 2. The average Bonchev–Trinajstić information content (AvgIpc) is 3.39. The van der Waals surface area contributed by atoms with Crippen LogP contribution in [0.5, 0.6) is 6.01 Å². The van der Waals surface area contributed by atoms with Crippen LogP contribution < -0.4 is 15.0 Å². The van der Waals surface area contributed by atoms with Gasteiger partial charge in [0.1, 0.15) is 6.10 Å². The number of halogens is 3. The SMILES string of the molecule is C[C@H]1Cn2ncc(N3CC(Oc4ncccn4)CC3=O)c2CN1C(=O)Nc1cc(F)c(F)c(F)c1. The lowest BCUT2D eigenvalue weighted by Crippen LogP contribution is -2.47. The van der Waals surface area contributed by atoms with E-state index in [-0.39, 0.29) is 43.2 Å². The third kappa shape index (κ3) is 4.36. The molecule has 4 heterocycles. The Hall–Kier alpha value is -4.16. The molecule has 0 spiro atoms. The van der Waals surface area contributed by atoms with Crippen LogP contribution in [0.4, 0.5) is 29.3 Å². The number of hydrogen-bond donors (Lipinski definition) is 1. The molecule has 13 heteroatoms. The molecule has 2 aliphatic heterocycles. The van der Waals surface area contributed by atoms with E-state index in [1.54, 1.807) is 41.2 Å². The van der Waals surface area contributed by atoms with Gasteiger partial charge in [-0.2, -0.15) is 5.10 Å². The van der Waals surface area contributed by atoms with E-state index < -0.39 is 29.6 Å². The minimum atomic E-state index is -1.61. The zero-order valence-corrected chi connectivity index (χ0v) is 18.5. The van der Waals surface area contributed by atoms with Gasteiger partial charge in [0.05, 0.1) is 49.7 Å². The molecule has 1 unspecified atom stereocenters. The zero-order valence-electron chi connectivity index (χ0n) is 18.5. The fourth-order valence-corrected chi connectivity index (χ4v) is 4.19. The van der Waals surface area contributed by atoms with E-state index in [9.17, 15) is 22.8 Å². The Morgan fingerprint density at radius 2 is 1.86 bits per heavy atom. The minimum Gasteiger partial charge on any atom is -0.458 e. The predicted molar refractivity (Wildman–Crippen MR) is 116 cm³/mol. The summed E-state index contributed by atoms with van der Waals surface area (Å²) in [4.78, 5) is 36.7. The number of carbonyl (C=O) groups is 2. The first kappa shape index (κ1) is 22.6. The van der Waals surface area contributed by atoms with Gasteiger partial charge in [-0.3, -0.25) is 9.48 Å². The molecular weight excluding hydrogens is 467 g/mol. The van der Waals surface area contributed by atoms with Gasteiger partial charge in [-0.05, 0) is 13.0 Å². The second-order valence-electron chi connectivity index (χ2n) is 8.30. The van der Waals surface area contributed by atoms with Crippen LogP contribution in [0.15, 0.2) is 36.8 Å². The normalized spacial score (nSPS) is 19.6. The quantitative estimate of drug-likeness (QED) is 0.568. The van der Waals surface area contributed by atoms with E-state index in [4.69, 9.17) is 4.74 Å². The molecule has 3 aromatic rings. The second kappa shape index (κ2) is 8.89. The van der Waals surface area contributed by atoms with Crippen LogP contribution in [0.25, 0.3) is 0 Å². The summed E-state index contributed by atoms with van der Waals surface area (Å²) in [5.41, 5.74) is 0.953. The predicted octanol–water partition coefficient (Wildman–Crippen LogP) is 2.71. The van der Waals surface area contributed by atoms with Gasteiger partial charge in [0.2, 0.25) is 5.91 Å². The van der Waals surface area contributed by atoms with Gasteiger partial charge >= 0.3 is 12.0 Å². The molecule has 2 atom stereocenters. The Balaban J connectivity index is 1.32. The van der Waals surface area contributed by atoms with E-state index in [1.165, 1.54) is 4.90 Å². The molecule has 1 N–H and O–H groups in total. The molecule has 1 saturated heterocycles. The topological polar surface area (TPSA) is 105 Å². The molecule has 0 bridgehead atoms. The fraction of sp³-hybridized carbons (Fsp3) is 0.318. The van der Waals surface area contributed by atoms with E-state index in [0.717, 1.165) is 0 Å². The van der Waals surface area contributed by atoms with Crippen molar-refractivity contribution in [3.8, 4) is 6.01 Å². The first-order valence-corrected chi connectivity index (χ1v) is 10.8. The Bertz CT molecular complexity index is 1260. The molecule has 5 rings (SSSR count). The molecule has 10 nitrogen and oxygen atoms in total. The molecule has 35 heavy (non-hydrogen) atoms. The summed E-state index contributed by atoms with van der Waals surface area (Å²) >= 11 is 0. The Kier molecular flexibility index (Phi) is 5.75. The number of urea groups is 1. The van der Waals surface area contributed by atoms with Crippen LogP contribution in [0.1, 0.15) is 19.0 Å². The van der Waals surface area contributed by atoms with Crippen molar-refractivity contribution < 1.29 is 27.5 Å². The summed E-state index contributed by atoms with van der Waals surface area (Å²) < 4.78 is 47.8. The van der Waals surface area contributed by atoms with Crippen LogP contribution in [0.3, 0.4) is 0 Å². The number of ether oxygens (including phenoxy) is 1. The summed E-state index contributed by atoms with van der Waals surface area (Å²) in [7, 11) is 0. The minimum absolute atomic E-state index is 0.0889. The number of fused-ring (bicyclic) bond motifs is 1. The molecule has 2 aliphatic rings. The molecule has 182 valence electrons. The fourth-order valence-electron chi connectivity index (χ4n) is 4.19. The van der Waals surface area contributed by atoms with Crippen LogP contribution in [0.2, 0.25) is 0 Å². The lowest BCUT2D eigenvalue weighted by Gasteiger charge is -2.35. The Morgan fingerprint density at radius 3 is 2.57 bits per heavy atom. The number of nitrogens with one attached hydrogen (secondary N) is 1. The number of rotatable bonds is 4. The smallest absolute Gasteiger partial charge is 0.322 e. The van der Waals surface area contributed by atoms with Crippen molar-refractivity contribution in [3.63, 3.8) is 0 Å². The van der Waals surface area contributed by atoms with Gasteiger partial charge < -0.3 is 19.9 Å². The zero-order chi connectivity index (χ0) is 24.7. The molecule has 1 fully saturated rings. The summed E-state index contributed by atoms with van der Waals surface area (Å²) in [5.74, 6) is -4.59. The lowest BCUT2D eigenvalue weighted by molar-refractivity contribution is -0.117. The number of hydrogen-bond acceptors (Lipinski definition) is 6. The van der Waals surface area contributed by atoms with E-state index in [1.807, 2.05) is 0 Å². The van der Waals surface area contributed by atoms with Crippen molar-refractivity contribution in [1.82, 2.24) is 24.6 Å². The summed E-state index contributed by atoms with van der Waals surface area (Å²) in [5, 5.41) is 6.77. The van der Waals surface area contributed by atoms with Crippen molar-refractivity contribution >= 4 is 23.3 Å². The summed E-state index contributed by atoms with van der Waals surface area (Å²) in [6.07, 6.45) is 4.32. The second-order valence-corrected chi connectivity index (χ2v) is 8.30. The average molecular weight is 487 g/mol. The van der Waals surface area contributed by atoms with Gasteiger partial charge in [-0.1, -0.05) is 0 Å². The number of amides is 3. The first-order valence-electron chi connectivity index (χ1n) is 10.8. The van der Waals surface area contributed by atoms with Crippen molar-refractivity contribution in [1.29, 1.82) is 0 Å². The number of aromatic nitrogens is 4. The van der Waals surface area contributed by atoms with Gasteiger partial charge in [-0.15, -0.1) is 0 Å². The van der Waals surface area contributed by atoms with Crippen LogP contribution in [0, 0.1) is 17.5 Å². The van der Waals surface area contributed by atoms with Gasteiger partial charge in [0.25, 0.3) is 0 Å². The highest BCUT2D eigenvalue weighted by Gasteiger charge is 2.37. The number of anilines is 2. The summed E-state index contributed by atoms with van der Waals surface area (Å²) in [6.45, 7) is 2.48. The maximum atomic E-state index is 13.5. The molecule has 3 amide bonds. The van der Waals surface area contributed by atoms with E-state index in [0.29, 0.717) is 30.1 Å².